The number of esters is 1. The first-order valence-corrected chi connectivity index (χ1v) is 7.90. The summed E-state index contributed by atoms with van der Waals surface area (Å²) in [5, 5.41) is 14.4. The molecule has 136 valence electrons. The van der Waals surface area contributed by atoms with Gasteiger partial charge in [-0.25, -0.2) is 9.78 Å². The van der Waals surface area contributed by atoms with Gasteiger partial charge in [-0.2, -0.15) is 0 Å². The predicted molar refractivity (Wildman–Crippen MR) is 96.9 cm³/mol. The zero-order valence-electron chi connectivity index (χ0n) is 14.5. The van der Waals surface area contributed by atoms with Crippen LogP contribution >= 0.6 is 0 Å². The lowest BCUT2D eigenvalue weighted by Gasteiger charge is -2.11. The summed E-state index contributed by atoms with van der Waals surface area (Å²) in [4.78, 5) is 26.2. The molecule has 0 saturated carbocycles. The second-order valence-corrected chi connectivity index (χ2v) is 5.14. The number of nitrogens with zero attached hydrogens (tertiary/aromatic N) is 2. The quantitative estimate of drug-likeness (QED) is 0.335. The summed E-state index contributed by atoms with van der Waals surface area (Å²) in [6.07, 6.45) is 4.28. The molecule has 1 N–H and O–H groups in total. The third-order valence-electron chi connectivity index (χ3n) is 3.43. The first-order chi connectivity index (χ1) is 12.5. The molecule has 0 radical (unpaired) electrons. The molecule has 1 aromatic heterocycles. The van der Waals surface area contributed by atoms with E-state index in [2.05, 4.69) is 15.0 Å². The zero-order chi connectivity index (χ0) is 18.9. The number of rotatable bonds is 8. The van der Waals surface area contributed by atoms with Crippen molar-refractivity contribution >= 4 is 23.4 Å². The number of benzene rings is 1. The summed E-state index contributed by atoms with van der Waals surface area (Å²) in [6, 6.07) is 8.25. The van der Waals surface area contributed by atoms with Crippen molar-refractivity contribution in [2.75, 3.05) is 19.0 Å². The minimum Gasteiger partial charge on any atom is -0.478 e. The third kappa shape index (κ3) is 5.04. The largest absolute Gasteiger partial charge is 0.478 e. The molecule has 0 aliphatic heterocycles. The van der Waals surface area contributed by atoms with Gasteiger partial charge in [-0.15, -0.1) is 0 Å². The van der Waals surface area contributed by atoms with Gasteiger partial charge in [-0.05, 0) is 30.7 Å². The van der Waals surface area contributed by atoms with Gasteiger partial charge in [-0.1, -0.05) is 12.1 Å². The van der Waals surface area contributed by atoms with Crippen molar-refractivity contribution in [2.24, 2.45) is 0 Å². The number of hydrogen-bond donors (Lipinski definition) is 1. The minimum atomic E-state index is -0.533. The number of methoxy groups -OCH3 is 1. The Balaban J connectivity index is 2.20. The fourth-order valence-corrected chi connectivity index (χ4v) is 2.20. The molecule has 0 atom stereocenters. The van der Waals surface area contributed by atoms with E-state index in [4.69, 9.17) is 4.74 Å². The van der Waals surface area contributed by atoms with Crippen molar-refractivity contribution in [3.05, 3.63) is 63.8 Å². The lowest BCUT2D eigenvalue weighted by Crippen LogP contribution is -2.06. The van der Waals surface area contributed by atoms with Crippen LogP contribution in [0.1, 0.15) is 18.1 Å². The van der Waals surface area contributed by atoms with Crippen LogP contribution in [0, 0.1) is 10.1 Å². The molecule has 0 bridgehead atoms. The number of nitro groups is 1. The highest BCUT2D eigenvalue weighted by atomic mass is 16.6. The van der Waals surface area contributed by atoms with Crippen LogP contribution in [0.15, 0.2) is 42.6 Å². The smallest absolute Gasteiger partial charge is 0.330 e. The molecule has 1 heterocycles. The molecule has 2 rings (SSSR count). The summed E-state index contributed by atoms with van der Waals surface area (Å²) >= 11 is 0. The van der Waals surface area contributed by atoms with Gasteiger partial charge >= 0.3 is 5.97 Å². The third-order valence-corrected chi connectivity index (χ3v) is 3.43. The average Bonchev–Trinajstić information content (AvgIpc) is 2.65. The van der Waals surface area contributed by atoms with E-state index in [1.54, 1.807) is 24.4 Å². The van der Waals surface area contributed by atoms with Gasteiger partial charge in [-0.3, -0.25) is 10.1 Å². The van der Waals surface area contributed by atoms with Crippen molar-refractivity contribution in [3.63, 3.8) is 0 Å². The van der Waals surface area contributed by atoms with Crippen LogP contribution in [0.2, 0.25) is 0 Å². The van der Waals surface area contributed by atoms with Crippen molar-refractivity contribution in [3.8, 4) is 5.88 Å². The molecule has 8 heteroatoms. The molecule has 0 aliphatic rings. The van der Waals surface area contributed by atoms with Crippen molar-refractivity contribution in [1.29, 1.82) is 0 Å². The van der Waals surface area contributed by atoms with Gasteiger partial charge in [0.25, 0.3) is 5.69 Å². The average molecular weight is 357 g/mol. The Morgan fingerprint density at radius 3 is 2.88 bits per heavy atom. The maximum atomic E-state index is 11.4. The number of aromatic nitrogens is 1. The van der Waals surface area contributed by atoms with Crippen LogP contribution in [0.5, 0.6) is 5.88 Å². The Morgan fingerprint density at radius 1 is 1.38 bits per heavy atom. The summed E-state index contributed by atoms with van der Waals surface area (Å²) < 4.78 is 9.95. The number of nitrogens with one attached hydrogen (secondary N) is 1. The van der Waals surface area contributed by atoms with E-state index in [0.29, 0.717) is 30.3 Å². The Kier molecular flexibility index (Phi) is 6.67. The molecule has 0 amide bonds. The standard InChI is InChI=1S/C18H19N3O5/c1-3-26-18-14(5-4-10-19-18)12-20-15-8-6-13(7-9-17(22)25-2)11-16(15)21(23)24/h4-11,20H,3,12H2,1-2H3/b9-7+. The molecule has 8 nitrogen and oxygen atoms in total. The van der Waals surface area contributed by atoms with E-state index in [1.807, 2.05) is 13.0 Å². The predicted octanol–water partition coefficient (Wildman–Crippen LogP) is 3.19. The maximum Gasteiger partial charge on any atom is 0.330 e. The molecular formula is C18H19N3O5. The number of anilines is 1. The van der Waals surface area contributed by atoms with Gasteiger partial charge in [0, 0.05) is 30.4 Å². The normalized spacial score (nSPS) is 10.5. The van der Waals surface area contributed by atoms with E-state index in [0.717, 1.165) is 5.56 Å². The molecule has 0 spiro atoms. The van der Waals surface area contributed by atoms with E-state index in [-0.39, 0.29) is 5.69 Å². The molecule has 2 aromatic rings. The number of carbonyl (C=O) groups excluding carboxylic acids is 1. The molecule has 0 saturated heterocycles. The Hall–Kier alpha value is -3.42. The lowest BCUT2D eigenvalue weighted by molar-refractivity contribution is -0.384. The highest BCUT2D eigenvalue weighted by Crippen LogP contribution is 2.27. The number of nitro benzene ring substituents is 1. The van der Waals surface area contributed by atoms with Gasteiger partial charge in [0.05, 0.1) is 18.6 Å². The monoisotopic (exact) mass is 357 g/mol. The number of pyridine rings is 1. The fourth-order valence-electron chi connectivity index (χ4n) is 2.20. The highest BCUT2D eigenvalue weighted by Gasteiger charge is 2.15. The van der Waals surface area contributed by atoms with Gasteiger partial charge in [0.1, 0.15) is 5.69 Å². The second-order valence-electron chi connectivity index (χ2n) is 5.14. The summed E-state index contributed by atoms with van der Waals surface area (Å²) in [5.41, 5.74) is 1.57. The van der Waals surface area contributed by atoms with Crippen LogP contribution < -0.4 is 10.1 Å². The topological polar surface area (TPSA) is 104 Å². The van der Waals surface area contributed by atoms with Gasteiger partial charge in [0.15, 0.2) is 0 Å². The fraction of sp³-hybridized carbons (Fsp3) is 0.222. The Morgan fingerprint density at radius 2 is 2.19 bits per heavy atom. The van der Waals surface area contributed by atoms with Crippen LogP contribution in [0.3, 0.4) is 0 Å². The van der Waals surface area contributed by atoms with E-state index in [1.165, 1.54) is 25.3 Å². The van der Waals surface area contributed by atoms with Crippen LogP contribution in [-0.2, 0) is 16.1 Å². The number of ether oxygens (including phenoxy) is 2. The number of hydrogen-bond acceptors (Lipinski definition) is 7. The molecular weight excluding hydrogens is 338 g/mol. The van der Waals surface area contributed by atoms with Crippen LogP contribution in [0.25, 0.3) is 6.08 Å². The summed E-state index contributed by atoms with van der Waals surface area (Å²) in [6.45, 7) is 2.66. The Bertz CT molecular complexity index is 820. The van der Waals surface area contributed by atoms with Crippen LogP contribution in [0.4, 0.5) is 11.4 Å². The van der Waals surface area contributed by atoms with Crippen molar-refractivity contribution in [2.45, 2.75) is 13.5 Å². The minimum absolute atomic E-state index is 0.0983. The van der Waals surface area contributed by atoms with E-state index in [9.17, 15) is 14.9 Å². The molecule has 1 aromatic carbocycles. The second kappa shape index (κ2) is 9.16. The SMILES string of the molecule is CCOc1ncccc1CNc1ccc(/C=C/C(=O)OC)cc1[N+](=O)[O-]. The van der Waals surface area contributed by atoms with Gasteiger partial charge < -0.3 is 14.8 Å². The summed E-state index contributed by atoms with van der Waals surface area (Å²) in [7, 11) is 1.26. The maximum absolute atomic E-state index is 11.4. The van der Waals surface area contributed by atoms with Crippen molar-refractivity contribution in [1.82, 2.24) is 4.98 Å². The van der Waals surface area contributed by atoms with Gasteiger partial charge in [0.2, 0.25) is 5.88 Å². The molecule has 26 heavy (non-hydrogen) atoms. The highest BCUT2D eigenvalue weighted by molar-refractivity contribution is 5.87. The van der Waals surface area contributed by atoms with Crippen molar-refractivity contribution < 1.29 is 19.2 Å². The first kappa shape index (κ1) is 18.9. The molecule has 0 unspecified atom stereocenters. The van der Waals surface area contributed by atoms with E-state index >= 15 is 0 Å². The molecule has 0 fully saturated rings. The van der Waals surface area contributed by atoms with Crippen LogP contribution in [-0.4, -0.2) is 29.6 Å². The molecule has 0 aliphatic carbocycles. The van der Waals surface area contributed by atoms with E-state index < -0.39 is 10.9 Å². The number of carbonyl (C=O) groups is 1. The first-order valence-electron chi connectivity index (χ1n) is 7.90. The zero-order valence-corrected chi connectivity index (χ0v) is 14.5. The lowest BCUT2D eigenvalue weighted by atomic mass is 10.1. The summed E-state index contributed by atoms with van der Waals surface area (Å²) in [5.74, 6) is -0.0438. The Labute approximate surface area is 150 Å².